The zero-order chi connectivity index (χ0) is 18.3. The Morgan fingerprint density at radius 2 is 1.76 bits per heavy atom. The molecule has 0 aliphatic rings. The molecule has 2 rings (SSSR count). The number of sulfonamides is 1. The van der Waals surface area contributed by atoms with E-state index >= 15 is 0 Å². The van der Waals surface area contributed by atoms with Crippen molar-refractivity contribution in [3.05, 3.63) is 48.5 Å². The van der Waals surface area contributed by atoms with E-state index in [1.54, 1.807) is 24.3 Å². The molecule has 3 N–H and O–H groups in total. The molecule has 8 heteroatoms. The van der Waals surface area contributed by atoms with Crippen LogP contribution in [0.3, 0.4) is 0 Å². The number of benzene rings is 2. The summed E-state index contributed by atoms with van der Waals surface area (Å²) in [5.74, 6) is 0.428. The zero-order valence-electron chi connectivity index (χ0n) is 14.1. The fourth-order valence-electron chi connectivity index (χ4n) is 2.06. The van der Waals surface area contributed by atoms with Gasteiger partial charge in [-0.05, 0) is 42.8 Å². The molecule has 0 saturated carbocycles. The summed E-state index contributed by atoms with van der Waals surface area (Å²) in [6.45, 7) is 2.52. The van der Waals surface area contributed by atoms with Gasteiger partial charge in [-0.15, -0.1) is 0 Å². The van der Waals surface area contributed by atoms with Gasteiger partial charge in [0.05, 0.1) is 17.7 Å². The van der Waals surface area contributed by atoms with Gasteiger partial charge in [0.25, 0.3) is 10.0 Å². The third kappa shape index (κ3) is 5.12. The number of hydrogen-bond donors (Lipinski definition) is 3. The molecule has 2 aromatic carbocycles. The Hall–Kier alpha value is -2.74. The van der Waals surface area contributed by atoms with Crippen LogP contribution in [0.2, 0.25) is 0 Å². The van der Waals surface area contributed by atoms with Crippen molar-refractivity contribution in [2.24, 2.45) is 0 Å². The summed E-state index contributed by atoms with van der Waals surface area (Å²) in [5.41, 5.74) is 0.857. The first-order valence-electron chi connectivity index (χ1n) is 7.77. The molecule has 7 nitrogen and oxygen atoms in total. The van der Waals surface area contributed by atoms with Gasteiger partial charge in [-0.1, -0.05) is 19.1 Å². The Balaban J connectivity index is 2.11. The monoisotopic (exact) mass is 363 g/mol. The number of methoxy groups -OCH3 is 1. The average molecular weight is 363 g/mol. The van der Waals surface area contributed by atoms with E-state index in [4.69, 9.17) is 4.74 Å². The summed E-state index contributed by atoms with van der Waals surface area (Å²) < 4.78 is 32.6. The van der Waals surface area contributed by atoms with Crippen LogP contribution < -0.4 is 20.1 Å². The van der Waals surface area contributed by atoms with E-state index in [2.05, 4.69) is 15.4 Å². The molecule has 0 spiro atoms. The van der Waals surface area contributed by atoms with Gasteiger partial charge in [-0.25, -0.2) is 13.2 Å². The average Bonchev–Trinajstić information content (AvgIpc) is 2.60. The lowest BCUT2D eigenvalue weighted by atomic mass is 10.3. The van der Waals surface area contributed by atoms with Gasteiger partial charge in [0.2, 0.25) is 0 Å². The van der Waals surface area contributed by atoms with Gasteiger partial charge in [0.15, 0.2) is 0 Å². The van der Waals surface area contributed by atoms with E-state index < -0.39 is 10.0 Å². The van der Waals surface area contributed by atoms with Crippen LogP contribution in [0.4, 0.5) is 16.2 Å². The maximum atomic E-state index is 12.5. The lowest BCUT2D eigenvalue weighted by Gasteiger charge is -2.12. The van der Waals surface area contributed by atoms with Crippen molar-refractivity contribution in [2.75, 3.05) is 23.7 Å². The summed E-state index contributed by atoms with van der Waals surface area (Å²) in [6, 6.07) is 12.3. The van der Waals surface area contributed by atoms with Crippen molar-refractivity contribution in [3.8, 4) is 5.75 Å². The van der Waals surface area contributed by atoms with Gasteiger partial charge < -0.3 is 15.4 Å². The Bertz CT molecular complexity index is 820. The normalized spacial score (nSPS) is 10.8. The van der Waals surface area contributed by atoms with E-state index in [1.807, 2.05) is 6.92 Å². The van der Waals surface area contributed by atoms with Crippen molar-refractivity contribution in [3.63, 3.8) is 0 Å². The SMILES string of the molecule is CCCNC(=O)Nc1ccc(S(=O)(=O)Nc2ccccc2OC)cc1. The molecule has 0 bridgehead atoms. The molecule has 0 radical (unpaired) electrons. The highest BCUT2D eigenvalue weighted by Gasteiger charge is 2.16. The van der Waals surface area contributed by atoms with Gasteiger partial charge in [0, 0.05) is 12.2 Å². The van der Waals surface area contributed by atoms with Crippen LogP contribution in [0.1, 0.15) is 13.3 Å². The number of anilines is 2. The summed E-state index contributed by atoms with van der Waals surface area (Å²) >= 11 is 0. The number of para-hydroxylation sites is 2. The maximum Gasteiger partial charge on any atom is 0.319 e. The van der Waals surface area contributed by atoms with Gasteiger partial charge >= 0.3 is 6.03 Å². The number of nitrogens with one attached hydrogen (secondary N) is 3. The second kappa shape index (κ2) is 8.39. The lowest BCUT2D eigenvalue weighted by Crippen LogP contribution is -2.29. The third-order valence-corrected chi connectivity index (χ3v) is 4.69. The number of carbonyl (C=O) groups is 1. The Morgan fingerprint density at radius 3 is 2.40 bits per heavy atom. The number of ether oxygens (including phenoxy) is 1. The van der Waals surface area contributed by atoms with E-state index in [0.29, 0.717) is 23.7 Å². The molecular weight excluding hydrogens is 342 g/mol. The van der Waals surface area contributed by atoms with Crippen LogP contribution in [-0.4, -0.2) is 28.1 Å². The molecule has 2 aromatic rings. The first-order chi connectivity index (χ1) is 12.0. The number of urea groups is 1. The second-order valence-corrected chi connectivity index (χ2v) is 6.89. The lowest BCUT2D eigenvalue weighted by molar-refractivity contribution is 0.252. The molecule has 0 heterocycles. The van der Waals surface area contributed by atoms with Gasteiger partial charge in [-0.2, -0.15) is 0 Å². The van der Waals surface area contributed by atoms with Crippen LogP contribution in [0, 0.1) is 0 Å². The largest absolute Gasteiger partial charge is 0.495 e. The van der Waals surface area contributed by atoms with E-state index in [1.165, 1.54) is 31.4 Å². The van der Waals surface area contributed by atoms with Crippen LogP contribution in [0.5, 0.6) is 5.75 Å². The van der Waals surface area contributed by atoms with E-state index in [-0.39, 0.29) is 10.9 Å². The van der Waals surface area contributed by atoms with Crippen molar-refractivity contribution in [2.45, 2.75) is 18.2 Å². The molecule has 0 unspecified atom stereocenters. The van der Waals surface area contributed by atoms with Gasteiger partial charge in [0.1, 0.15) is 5.75 Å². The standard InChI is InChI=1S/C17H21N3O4S/c1-3-12-18-17(21)19-13-8-10-14(11-9-13)25(22,23)20-15-6-4-5-7-16(15)24-2/h4-11,20H,3,12H2,1-2H3,(H2,18,19,21). The van der Waals surface area contributed by atoms with Crippen molar-refractivity contribution in [1.29, 1.82) is 0 Å². The molecular formula is C17H21N3O4S. The Labute approximate surface area is 147 Å². The smallest absolute Gasteiger partial charge is 0.319 e. The van der Waals surface area contributed by atoms with Gasteiger partial charge in [-0.3, -0.25) is 4.72 Å². The number of carbonyl (C=O) groups excluding carboxylic acids is 1. The fraction of sp³-hybridized carbons (Fsp3) is 0.235. The Kier molecular flexibility index (Phi) is 6.24. The zero-order valence-corrected chi connectivity index (χ0v) is 14.9. The molecule has 25 heavy (non-hydrogen) atoms. The predicted molar refractivity (Wildman–Crippen MR) is 97.6 cm³/mol. The Morgan fingerprint density at radius 1 is 1.08 bits per heavy atom. The van der Waals surface area contributed by atoms with Crippen molar-refractivity contribution >= 4 is 27.4 Å². The van der Waals surface area contributed by atoms with Crippen molar-refractivity contribution < 1.29 is 17.9 Å². The van der Waals surface area contributed by atoms with Crippen LogP contribution in [0.25, 0.3) is 0 Å². The highest BCUT2D eigenvalue weighted by atomic mass is 32.2. The first-order valence-corrected chi connectivity index (χ1v) is 9.25. The topological polar surface area (TPSA) is 96.5 Å². The van der Waals surface area contributed by atoms with E-state index in [9.17, 15) is 13.2 Å². The number of rotatable bonds is 7. The molecule has 134 valence electrons. The summed E-state index contributed by atoms with van der Waals surface area (Å²) in [4.78, 5) is 11.7. The predicted octanol–water partition coefficient (Wildman–Crippen LogP) is 3.03. The molecule has 0 atom stereocenters. The summed E-state index contributed by atoms with van der Waals surface area (Å²) in [5, 5.41) is 5.31. The van der Waals surface area contributed by atoms with Crippen LogP contribution in [-0.2, 0) is 10.0 Å². The third-order valence-electron chi connectivity index (χ3n) is 3.31. The molecule has 0 aliphatic carbocycles. The number of amides is 2. The first kappa shape index (κ1) is 18.6. The van der Waals surface area contributed by atoms with Crippen LogP contribution in [0.15, 0.2) is 53.4 Å². The molecule has 0 aliphatic heterocycles. The second-order valence-electron chi connectivity index (χ2n) is 5.21. The highest BCUT2D eigenvalue weighted by molar-refractivity contribution is 7.92. The quantitative estimate of drug-likeness (QED) is 0.704. The molecule has 0 saturated heterocycles. The fourth-order valence-corrected chi connectivity index (χ4v) is 3.13. The molecule has 2 amide bonds. The number of hydrogen-bond acceptors (Lipinski definition) is 4. The van der Waals surface area contributed by atoms with Crippen LogP contribution >= 0.6 is 0 Å². The maximum absolute atomic E-state index is 12.5. The summed E-state index contributed by atoms with van der Waals surface area (Å²) in [7, 11) is -2.29. The van der Waals surface area contributed by atoms with Crippen molar-refractivity contribution in [1.82, 2.24) is 5.32 Å². The molecule has 0 aromatic heterocycles. The minimum atomic E-state index is -3.76. The molecule has 0 fully saturated rings. The minimum absolute atomic E-state index is 0.0814. The minimum Gasteiger partial charge on any atom is -0.495 e. The van der Waals surface area contributed by atoms with E-state index in [0.717, 1.165) is 6.42 Å². The highest BCUT2D eigenvalue weighted by Crippen LogP contribution is 2.26. The summed E-state index contributed by atoms with van der Waals surface area (Å²) in [6.07, 6.45) is 0.833.